The van der Waals surface area contributed by atoms with Crippen molar-refractivity contribution in [1.82, 2.24) is 0 Å². The molecule has 0 saturated heterocycles. The summed E-state index contributed by atoms with van der Waals surface area (Å²) in [7, 11) is 0. The lowest BCUT2D eigenvalue weighted by Crippen LogP contribution is -2.21. The summed E-state index contributed by atoms with van der Waals surface area (Å²) in [4.78, 5) is 0. The second kappa shape index (κ2) is 7.73. The minimum Gasteiger partial charge on any atom is -0.175 e. The van der Waals surface area contributed by atoms with Gasteiger partial charge in [0, 0.05) is 5.25 Å². The van der Waals surface area contributed by atoms with Crippen molar-refractivity contribution >= 4 is 12.6 Å². The predicted molar refractivity (Wildman–Crippen MR) is 65.5 cm³/mol. The lowest BCUT2D eigenvalue weighted by Gasteiger charge is -2.26. The molecule has 3 unspecified atom stereocenters. The lowest BCUT2D eigenvalue weighted by molar-refractivity contribution is 0.362. The van der Waals surface area contributed by atoms with E-state index in [0.717, 1.165) is 11.8 Å². The van der Waals surface area contributed by atoms with Gasteiger partial charge in [-0.05, 0) is 18.3 Å². The highest BCUT2D eigenvalue weighted by Gasteiger charge is 2.20. The quantitative estimate of drug-likeness (QED) is 0.575. The van der Waals surface area contributed by atoms with Crippen LogP contribution in [0.3, 0.4) is 0 Å². The molecule has 0 fully saturated rings. The maximum atomic E-state index is 4.75. The summed E-state index contributed by atoms with van der Waals surface area (Å²) in [6, 6.07) is 0. The van der Waals surface area contributed by atoms with Crippen molar-refractivity contribution in [3.63, 3.8) is 0 Å². The van der Waals surface area contributed by atoms with Crippen molar-refractivity contribution in [1.29, 1.82) is 0 Å². The van der Waals surface area contributed by atoms with Gasteiger partial charge in [0.1, 0.15) is 0 Å². The van der Waals surface area contributed by atoms with Gasteiger partial charge < -0.3 is 0 Å². The van der Waals surface area contributed by atoms with Crippen LogP contribution in [-0.2, 0) is 0 Å². The van der Waals surface area contributed by atoms with Gasteiger partial charge in [-0.1, -0.05) is 53.4 Å². The topological polar surface area (TPSA) is 0 Å². The molecule has 0 spiro atoms. The van der Waals surface area contributed by atoms with Crippen LogP contribution in [0.2, 0.25) is 0 Å². The zero-order chi connectivity index (χ0) is 10.3. The zero-order valence-corrected chi connectivity index (χ0v) is 10.6. The Balaban J connectivity index is 3.90. The maximum Gasteiger partial charge on any atom is 0.00705 e. The van der Waals surface area contributed by atoms with E-state index in [1.807, 2.05) is 0 Å². The van der Waals surface area contributed by atoms with Gasteiger partial charge in [-0.3, -0.25) is 0 Å². The summed E-state index contributed by atoms with van der Waals surface area (Å²) in [6.45, 7) is 9.15. The first-order chi connectivity index (χ1) is 6.17. The highest BCUT2D eigenvalue weighted by Crippen LogP contribution is 2.28. The van der Waals surface area contributed by atoms with Gasteiger partial charge in [-0.2, -0.15) is 12.6 Å². The lowest BCUT2D eigenvalue weighted by atomic mass is 9.88. The van der Waals surface area contributed by atoms with Crippen LogP contribution in [0, 0.1) is 11.8 Å². The molecule has 0 aromatic heterocycles. The van der Waals surface area contributed by atoms with E-state index in [0.29, 0.717) is 5.25 Å². The van der Waals surface area contributed by atoms with Gasteiger partial charge >= 0.3 is 0 Å². The highest BCUT2D eigenvalue weighted by molar-refractivity contribution is 7.81. The molecular formula is C12H26S. The van der Waals surface area contributed by atoms with Crippen molar-refractivity contribution in [3.8, 4) is 0 Å². The van der Waals surface area contributed by atoms with E-state index in [1.165, 1.54) is 32.1 Å². The molecule has 0 aliphatic heterocycles. The minimum absolute atomic E-state index is 0.613. The Morgan fingerprint density at radius 1 is 1.08 bits per heavy atom. The van der Waals surface area contributed by atoms with Crippen LogP contribution >= 0.6 is 12.6 Å². The molecule has 3 atom stereocenters. The van der Waals surface area contributed by atoms with Crippen molar-refractivity contribution in [2.75, 3.05) is 0 Å². The predicted octanol–water partition coefficient (Wildman–Crippen LogP) is 4.55. The van der Waals surface area contributed by atoms with Crippen molar-refractivity contribution in [3.05, 3.63) is 0 Å². The summed E-state index contributed by atoms with van der Waals surface area (Å²) in [5, 5.41) is 0.613. The highest BCUT2D eigenvalue weighted by atomic mass is 32.1. The van der Waals surface area contributed by atoms with Crippen molar-refractivity contribution < 1.29 is 0 Å². The molecule has 0 aliphatic rings. The molecule has 0 rings (SSSR count). The smallest absolute Gasteiger partial charge is 0.00705 e. The number of rotatable bonds is 7. The third-order valence-electron chi connectivity index (χ3n) is 3.16. The Hall–Kier alpha value is 0.350. The molecule has 0 N–H and O–H groups in total. The van der Waals surface area contributed by atoms with Gasteiger partial charge in [0.25, 0.3) is 0 Å². The van der Waals surface area contributed by atoms with Crippen molar-refractivity contribution in [2.24, 2.45) is 11.8 Å². The Kier molecular flexibility index (Phi) is 7.93. The molecular weight excluding hydrogens is 176 g/mol. The average molecular weight is 202 g/mol. The Morgan fingerprint density at radius 2 is 1.69 bits per heavy atom. The molecule has 0 aromatic rings. The number of thiol groups is 1. The second-order valence-corrected chi connectivity index (χ2v) is 4.78. The molecule has 80 valence electrons. The van der Waals surface area contributed by atoms with Gasteiger partial charge in [0.2, 0.25) is 0 Å². The van der Waals surface area contributed by atoms with Crippen LogP contribution in [0.5, 0.6) is 0 Å². The molecule has 0 heterocycles. The monoisotopic (exact) mass is 202 g/mol. The summed E-state index contributed by atoms with van der Waals surface area (Å²) < 4.78 is 0. The maximum absolute atomic E-state index is 4.75. The van der Waals surface area contributed by atoms with E-state index in [2.05, 4.69) is 27.7 Å². The summed E-state index contributed by atoms with van der Waals surface area (Å²) in [5.41, 5.74) is 0. The Morgan fingerprint density at radius 3 is 2.08 bits per heavy atom. The van der Waals surface area contributed by atoms with Crippen LogP contribution in [0.4, 0.5) is 0 Å². The molecule has 0 nitrogen and oxygen atoms in total. The molecule has 13 heavy (non-hydrogen) atoms. The van der Waals surface area contributed by atoms with Gasteiger partial charge in [-0.15, -0.1) is 0 Å². The van der Waals surface area contributed by atoms with E-state index in [4.69, 9.17) is 12.6 Å². The van der Waals surface area contributed by atoms with Crippen molar-refractivity contribution in [2.45, 2.75) is 65.0 Å². The van der Waals surface area contributed by atoms with E-state index < -0.39 is 0 Å². The number of hydrogen-bond donors (Lipinski definition) is 1. The number of unbranched alkanes of at least 4 members (excludes halogenated alkanes) is 1. The second-order valence-electron chi connectivity index (χ2n) is 4.19. The fraction of sp³-hybridized carbons (Fsp3) is 1.00. The average Bonchev–Trinajstić information content (AvgIpc) is 2.17. The fourth-order valence-electron chi connectivity index (χ4n) is 1.79. The van der Waals surface area contributed by atoms with Gasteiger partial charge in [-0.25, -0.2) is 0 Å². The van der Waals surface area contributed by atoms with Gasteiger partial charge in [0.05, 0.1) is 0 Å². The summed E-state index contributed by atoms with van der Waals surface area (Å²) in [6.07, 6.45) is 6.60. The van der Waals surface area contributed by atoms with Crippen LogP contribution in [0.15, 0.2) is 0 Å². The van der Waals surface area contributed by atoms with Crippen LogP contribution in [0.1, 0.15) is 59.8 Å². The fourth-order valence-corrected chi connectivity index (χ4v) is 2.36. The SMILES string of the molecule is CCCCC(CC)C(S)C(C)CC. The Bertz CT molecular complexity index is 112. The first-order valence-electron chi connectivity index (χ1n) is 5.85. The first kappa shape index (κ1) is 13.4. The third kappa shape index (κ3) is 4.95. The summed E-state index contributed by atoms with van der Waals surface area (Å²) in [5.74, 6) is 1.60. The molecule has 0 radical (unpaired) electrons. The zero-order valence-electron chi connectivity index (χ0n) is 9.71. The summed E-state index contributed by atoms with van der Waals surface area (Å²) >= 11 is 4.75. The number of hydrogen-bond acceptors (Lipinski definition) is 1. The minimum atomic E-state index is 0.613. The van der Waals surface area contributed by atoms with Crippen LogP contribution in [0.25, 0.3) is 0 Å². The van der Waals surface area contributed by atoms with E-state index >= 15 is 0 Å². The largest absolute Gasteiger partial charge is 0.175 e. The molecule has 0 aliphatic carbocycles. The molecule has 0 bridgehead atoms. The standard InChI is InChI=1S/C12H26S/c1-5-8-9-11(7-3)12(13)10(4)6-2/h10-13H,5-9H2,1-4H3. The molecule has 1 heteroatoms. The van der Waals surface area contributed by atoms with Gasteiger partial charge in [0.15, 0.2) is 0 Å². The molecule has 0 aromatic carbocycles. The normalized spacial score (nSPS) is 18.2. The Labute approximate surface area is 89.9 Å². The first-order valence-corrected chi connectivity index (χ1v) is 6.36. The molecule has 0 saturated carbocycles. The van der Waals surface area contributed by atoms with Crippen LogP contribution < -0.4 is 0 Å². The van der Waals surface area contributed by atoms with E-state index in [1.54, 1.807) is 0 Å². The third-order valence-corrected chi connectivity index (χ3v) is 4.09. The van der Waals surface area contributed by atoms with Crippen LogP contribution in [-0.4, -0.2) is 5.25 Å². The molecule has 0 amide bonds. The van der Waals surface area contributed by atoms with E-state index in [-0.39, 0.29) is 0 Å². The van der Waals surface area contributed by atoms with E-state index in [9.17, 15) is 0 Å².